The molecule has 3 N–H and O–H groups in total. The SMILES string of the molecule is CCC(C)(C)N(C)CC(=O)Nc1ccccc1C(N)=S. The molecule has 110 valence electrons. The Hall–Kier alpha value is -1.46. The van der Waals surface area contributed by atoms with Gasteiger partial charge in [0.05, 0.1) is 12.2 Å². The van der Waals surface area contributed by atoms with E-state index in [1.807, 2.05) is 24.1 Å². The highest BCUT2D eigenvalue weighted by Gasteiger charge is 2.23. The molecule has 0 spiro atoms. The van der Waals surface area contributed by atoms with Crippen LogP contribution in [0.5, 0.6) is 0 Å². The minimum atomic E-state index is -0.0716. The second kappa shape index (κ2) is 6.81. The molecule has 0 radical (unpaired) electrons. The summed E-state index contributed by atoms with van der Waals surface area (Å²) in [7, 11) is 1.95. The highest BCUT2D eigenvalue weighted by Crippen LogP contribution is 2.17. The third-order valence-corrected chi connectivity index (χ3v) is 3.97. The number of anilines is 1. The maximum atomic E-state index is 12.1. The molecule has 1 amide bonds. The monoisotopic (exact) mass is 293 g/mol. The van der Waals surface area contributed by atoms with E-state index >= 15 is 0 Å². The van der Waals surface area contributed by atoms with Crippen molar-refractivity contribution in [2.45, 2.75) is 32.7 Å². The molecule has 0 saturated heterocycles. The van der Waals surface area contributed by atoms with Crippen LogP contribution in [0, 0.1) is 0 Å². The van der Waals surface area contributed by atoms with Gasteiger partial charge in [0.25, 0.3) is 0 Å². The Balaban J connectivity index is 2.75. The van der Waals surface area contributed by atoms with Gasteiger partial charge in [0.15, 0.2) is 0 Å². The Morgan fingerprint density at radius 1 is 1.40 bits per heavy atom. The highest BCUT2D eigenvalue weighted by atomic mass is 32.1. The van der Waals surface area contributed by atoms with E-state index in [1.54, 1.807) is 12.1 Å². The molecular weight excluding hydrogens is 270 g/mol. The number of nitrogens with one attached hydrogen (secondary N) is 1. The molecule has 0 unspecified atom stereocenters. The van der Waals surface area contributed by atoms with Crippen LogP contribution in [0.1, 0.15) is 32.8 Å². The lowest BCUT2D eigenvalue weighted by Gasteiger charge is -2.34. The molecule has 20 heavy (non-hydrogen) atoms. The lowest BCUT2D eigenvalue weighted by atomic mass is 10.00. The van der Waals surface area contributed by atoms with Gasteiger partial charge >= 0.3 is 0 Å². The first kappa shape index (κ1) is 16.6. The molecule has 0 bridgehead atoms. The number of nitrogens with zero attached hydrogens (tertiary/aromatic N) is 1. The average molecular weight is 293 g/mol. The zero-order chi connectivity index (χ0) is 15.3. The van der Waals surface area contributed by atoms with Crippen LogP contribution in [-0.2, 0) is 4.79 Å². The van der Waals surface area contributed by atoms with Gasteiger partial charge in [0.1, 0.15) is 4.99 Å². The zero-order valence-corrected chi connectivity index (χ0v) is 13.4. The molecule has 0 aliphatic heterocycles. The quantitative estimate of drug-likeness (QED) is 0.791. The molecule has 1 rings (SSSR count). The van der Waals surface area contributed by atoms with Crippen molar-refractivity contribution in [2.75, 3.05) is 18.9 Å². The fraction of sp³-hybridized carbons (Fsp3) is 0.467. The van der Waals surface area contributed by atoms with Gasteiger partial charge in [-0.15, -0.1) is 0 Å². The fourth-order valence-electron chi connectivity index (χ4n) is 1.70. The first-order valence-electron chi connectivity index (χ1n) is 6.68. The molecule has 0 saturated carbocycles. The largest absolute Gasteiger partial charge is 0.389 e. The lowest BCUT2D eigenvalue weighted by Crippen LogP contribution is -2.44. The molecule has 0 aromatic heterocycles. The molecule has 1 aromatic rings. The van der Waals surface area contributed by atoms with E-state index in [-0.39, 0.29) is 16.4 Å². The van der Waals surface area contributed by atoms with Gasteiger partial charge in [0.2, 0.25) is 5.91 Å². The average Bonchev–Trinajstić information content (AvgIpc) is 2.38. The van der Waals surface area contributed by atoms with E-state index in [1.165, 1.54) is 0 Å². The van der Waals surface area contributed by atoms with Crippen LogP contribution in [0.4, 0.5) is 5.69 Å². The second-order valence-corrected chi connectivity index (χ2v) is 5.92. The maximum Gasteiger partial charge on any atom is 0.238 e. The summed E-state index contributed by atoms with van der Waals surface area (Å²) in [5, 5.41) is 2.87. The molecule has 0 heterocycles. The number of rotatable bonds is 6. The number of benzene rings is 1. The maximum absolute atomic E-state index is 12.1. The number of para-hydroxylation sites is 1. The van der Waals surface area contributed by atoms with Crippen LogP contribution in [-0.4, -0.2) is 34.9 Å². The number of nitrogens with two attached hydrogens (primary N) is 1. The molecular formula is C15H23N3OS. The standard InChI is InChI=1S/C15H23N3OS/c1-5-15(2,3)18(4)10-13(19)17-12-9-7-6-8-11(12)14(16)20/h6-9H,5,10H2,1-4H3,(H2,16,20)(H,17,19). The summed E-state index contributed by atoms with van der Waals surface area (Å²) in [5.41, 5.74) is 6.99. The predicted molar refractivity (Wildman–Crippen MR) is 88.0 cm³/mol. The molecule has 0 aliphatic rings. The lowest BCUT2D eigenvalue weighted by molar-refractivity contribution is -0.118. The Bertz CT molecular complexity index is 500. The number of hydrogen-bond donors (Lipinski definition) is 2. The number of carbonyl (C=O) groups is 1. The molecule has 0 atom stereocenters. The van der Waals surface area contributed by atoms with Gasteiger partial charge in [-0.25, -0.2) is 0 Å². The first-order chi connectivity index (χ1) is 9.27. The van der Waals surface area contributed by atoms with Crippen molar-refractivity contribution in [3.63, 3.8) is 0 Å². The van der Waals surface area contributed by atoms with E-state index in [4.69, 9.17) is 18.0 Å². The van der Waals surface area contributed by atoms with Crippen LogP contribution in [0.15, 0.2) is 24.3 Å². The number of hydrogen-bond acceptors (Lipinski definition) is 3. The Morgan fingerprint density at radius 3 is 2.55 bits per heavy atom. The van der Waals surface area contributed by atoms with E-state index < -0.39 is 0 Å². The summed E-state index contributed by atoms with van der Waals surface area (Å²) in [4.78, 5) is 14.4. The first-order valence-corrected chi connectivity index (χ1v) is 7.08. The summed E-state index contributed by atoms with van der Waals surface area (Å²) in [6, 6.07) is 7.29. The Morgan fingerprint density at radius 2 is 2.00 bits per heavy atom. The zero-order valence-electron chi connectivity index (χ0n) is 12.6. The number of carbonyl (C=O) groups excluding carboxylic acids is 1. The fourth-order valence-corrected chi connectivity index (χ4v) is 1.87. The topological polar surface area (TPSA) is 58.4 Å². The van der Waals surface area contributed by atoms with Crippen LogP contribution in [0.2, 0.25) is 0 Å². The van der Waals surface area contributed by atoms with Crippen LogP contribution in [0.3, 0.4) is 0 Å². The summed E-state index contributed by atoms with van der Waals surface area (Å²) in [5.74, 6) is -0.0716. The third-order valence-electron chi connectivity index (χ3n) is 3.75. The molecule has 5 heteroatoms. The third kappa shape index (κ3) is 4.28. The van der Waals surface area contributed by atoms with E-state index in [2.05, 4.69) is 26.1 Å². The van der Waals surface area contributed by atoms with Crippen LogP contribution >= 0.6 is 12.2 Å². The summed E-state index contributed by atoms with van der Waals surface area (Å²) in [6.45, 7) is 6.66. The van der Waals surface area contributed by atoms with Crippen molar-refractivity contribution in [1.29, 1.82) is 0 Å². The number of thiocarbonyl (C=S) groups is 1. The van der Waals surface area contributed by atoms with Crippen molar-refractivity contribution in [3.05, 3.63) is 29.8 Å². The number of amides is 1. The van der Waals surface area contributed by atoms with Crippen molar-refractivity contribution in [1.82, 2.24) is 4.90 Å². The van der Waals surface area contributed by atoms with Gasteiger partial charge in [0, 0.05) is 11.1 Å². The smallest absolute Gasteiger partial charge is 0.238 e. The van der Waals surface area contributed by atoms with Crippen molar-refractivity contribution >= 4 is 28.8 Å². The van der Waals surface area contributed by atoms with Gasteiger partial charge in [-0.3, -0.25) is 9.69 Å². The van der Waals surface area contributed by atoms with E-state index in [0.717, 1.165) is 6.42 Å². The second-order valence-electron chi connectivity index (χ2n) is 5.48. The minimum Gasteiger partial charge on any atom is -0.389 e. The van der Waals surface area contributed by atoms with Crippen LogP contribution < -0.4 is 11.1 Å². The minimum absolute atomic E-state index is 0.0139. The van der Waals surface area contributed by atoms with Crippen LogP contribution in [0.25, 0.3) is 0 Å². The highest BCUT2D eigenvalue weighted by molar-refractivity contribution is 7.80. The summed E-state index contributed by atoms with van der Waals surface area (Å²) < 4.78 is 0. The predicted octanol–water partition coefficient (Wildman–Crippen LogP) is 2.38. The molecule has 0 aliphatic carbocycles. The van der Waals surface area contributed by atoms with Gasteiger partial charge in [-0.05, 0) is 39.4 Å². The summed E-state index contributed by atoms with van der Waals surface area (Å²) >= 11 is 4.98. The Labute approximate surface area is 126 Å². The normalized spacial score (nSPS) is 11.4. The van der Waals surface area contributed by atoms with Crippen molar-refractivity contribution < 1.29 is 4.79 Å². The van der Waals surface area contributed by atoms with Gasteiger partial charge < -0.3 is 11.1 Å². The van der Waals surface area contributed by atoms with Crippen molar-refractivity contribution in [2.24, 2.45) is 5.73 Å². The van der Waals surface area contributed by atoms with Gasteiger partial charge in [-0.2, -0.15) is 0 Å². The summed E-state index contributed by atoms with van der Waals surface area (Å²) in [6.07, 6.45) is 0.972. The molecule has 4 nitrogen and oxygen atoms in total. The number of likely N-dealkylation sites (N-methyl/N-ethyl adjacent to an activating group) is 1. The van der Waals surface area contributed by atoms with E-state index in [9.17, 15) is 4.79 Å². The molecule has 1 aromatic carbocycles. The molecule has 0 fully saturated rings. The van der Waals surface area contributed by atoms with Gasteiger partial charge in [-0.1, -0.05) is 31.3 Å². The Kier molecular flexibility index (Phi) is 5.65. The van der Waals surface area contributed by atoms with E-state index in [0.29, 0.717) is 17.8 Å². The van der Waals surface area contributed by atoms with Crippen molar-refractivity contribution in [3.8, 4) is 0 Å².